The summed E-state index contributed by atoms with van der Waals surface area (Å²) in [6, 6.07) is 18.9. The van der Waals surface area contributed by atoms with Gasteiger partial charge in [-0.25, -0.2) is 13.4 Å². The summed E-state index contributed by atoms with van der Waals surface area (Å²) in [5.41, 5.74) is 2.89. The Morgan fingerprint density at radius 3 is 2.12 bits per heavy atom. The van der Waals surface area contributed by atoms with Crippen LogP contribution in [0.3, 0.4) is 0 Å². The smallest absolute Gasteiger partial charge is 0.270 e. The van der Waals surface area contributed by atoms with Crippen molar-refractivity contribution in [1.29, 1.82) is 0 Å². The van der Waals surface area contributed by atoms with E-state index in [-0.39, 0.29) is 40.7 Å². The van der Waals surface area contributed by atoms with Crippen LogP contribution in [0, 0.1) is 0 Å². The number of carbonyl (C=O) groups excluding carboxylic acids is 2. The van der Waals surface area contributed by atoms with Gasteiger partial charge in [0.25, 0.3) is 11.8 Å². The van der Waals surface area contributed by atoms with Crippen molar-refractivity contribution in [3.8, 4) is 11.1 Å². The van der Waals surface area contributed by atoms with E-state index < -0.39 is 9.84 Å². The Morgan fingerprint density at radius 1 is 0.875 bits per heavy atom. The van der Waals surface area contributed by atoms with Gasteiger partial charge in [0.1, 0.15) is 11.4 Å². The highest BCUT2D eigenvalue weighted by molar-refractivity contribution is 7.90. The minimum Gasteiger partial charge on any atom is -0.349 e. The van der Waals surface area contributed by atoms with E-state index in [0.717, 1.165) is 16.7 Å². The fourth-order valence-electron chi connectivity index (χ4n) is 3.02. The molecular formula is C24H25N3O4S. The molecule has 0 saturated carbocycles. The van der Waals surface area contributed by atoms with Crippen molar-refractivity contribution >= 4 is 21.7 Å². The minimum atomic E-state index is -3.28. The number of benzene rings is 2. The van der Waals surface area contributed by atoms with Gasteiger partial charge < -0.3 is 10.6 Å². The Morgan fingerprint density at radius 2 is 1.50 bits per heavy atom. The van der Waals surface area contributed by atoms with Crippen molar-refractivity contribution in [2.45, 2.75) is 31.3 Å². The van der Waals surface area contributed by atoms with Gasteiger partial charge in [-0.15, -0.1) is 0 Å². The second kappa shape index (κ2) is 9.74. The number of hydrogen-bond donors (Lipinski definition) is 2. The predicted octanol–water partition coefficient (Wildman–Crippen LogP) is 3.22. The lowest BCUT2D eigenvalue weighted by Gasteiger charge is -2.09. The molecule has 0 bridgehead atoms. The molecule has 1 heterocycles. The van der Waals surface area contributed by atoms with Crippen LogP contribution in [-0.4, -0.2) is 37.5 Å². The average molecular weight is 452 g/mol. The summed E-state index contributed by atoms with van der Waals surface area (Å²) in [7, 11) is -3.28. The molecule has 166 valence electrons. The molecule has 0 aliphatic carbocycles. The lowest BCUT2D eigenvalue weighted by molar-refractivity contribution is 0.0936. The van der Waals surface area contributed by atoms with Crippen LogP contribution in [0.5, 0.6) is 0 Å². The first-order valence-electron chi connectivity index (χ1n) is 10.1. The van der Waals surface area contributed by atoms with Crippen molar-refractivity contribution in [3.05, 3.63) is 83.7 Å². The van der Waals surface area contributed by atoms with Crippen molar-refractivity contribution in [1.82, 2.24) is 15.6 Å². The molecular weight excluding hydrogens is 426 g/mol. The maximum atomic E-state index is 12.5. The van der Waals surface area contributed by atoms with Crippen molar-refractivity contribution < 1.29 is 18.0 Å². The number of pyridine rings is 1. The van der Waals surface area contributed by atoms with E-state index >= 15 is 0 Å². The number of aromatic nitrogens is 1. The molecule has 0 aliphatic rings. The zero-order chi connectivity index (χ0) is 23.3. The van der Waals surface area contributed by atoms with E-state index in [1.807, 2.05) is 44.2 Å². The standard InChI is InChI=1S/C24H25N3O4S/c1-16(2)26-24(29)22-9-5-8-21(27-22)23(28)25-15-17-10-12-18(13-11-17)19-6-4-7-20(14-19)32(3,30)31/h4-14,16H,15H2,1-3H3,(H,25,28)(H,26,29). The summed E-state index contributed by atoms with van der Waals surface area (Å²) in [4.78, 5) is 29.0. The van der Waals surface area contributed by atoms with Crippen LogP contribution in [0.15, 0.2) is 71.6 Å². The van der Waals surface area contributed by atoms with Gasteiger partial charge >= 0.3 is 0 Å². The van der Waals surface area contributed by atoms with Crippen LogP contribution < -0.4 is 10.6 Å². The summed E-state index contributed by atoms with van der Waals surface area (Å²) >= 11 is 0. The van der Waals surface area contributed by atoms with E-state index in [1.165, 1.54) is 6.26 Å². The molecule has 2 aromatic carbocycles. The number of carbonyl (C=O) groups is 2. The van der Waals surface area contributed by atoms with Crippen molar-refractivity contribution in [2.75, 3.05) is 6.26 Å². The quantitative estimate of drug-likeness (QED) is 0.574. The minimum absolute atomic E-state index is 0.0291. The van der Waals surface area contributed by atoms with Gasteiger partial charge in [0, 0.05) is 18.8 Å². The van der Waals surface area contributed by atoms with E-state index in [2.05, 4.69) is 15.6 Å². The summed E-state index contributed by atoms with van der Waals surface area (Å²) in [5, 5.41) is 5.54. The van der Waals surface area contributed by atoms with E-state index in [0.29, 0.717) is 0 Å². The molecule has 0 radical (unpaired) electrons. The topological polar surface area (TPSA) is 105 Å². The molecule has 2 N–H and O–H groups in total. The maximum absolute atomic E-state index is 12.5. The number of hydrogen-bond acceptors (Lipinski definition) is 5. The summed E-state index contributed by atoms with van der Waals surface area (Å²) in [6.07, 6.45) is 1.18. The highest BCUT2D eigenvalue weighted by Gasteiger charge is 2.13. The van der Waals surface area contributed by atoms with Gasteiger partial charge in [-0.3, -0.25) is 9.59 Å². The van der Waals surface area contributed by atoms with Crippen molar-refractivity contribution in [3.63, 3.8) is 0 Å². The highest BCUT2D eigenvalue weighted by Crippen LogP contribution is 2.23. The van der Waals surface area contributed by atoms with Gasteiger partial charge in [0.15, 0.2) is 9.84 Å². The number of nitrogens with zero attached hydrogens (tertiary/aromatic N) is 1. The first-order valence-corrected chi connectivity index (χ1v) is 12.0. The van der Waals surface area contributed by atoms with Crippen LogP contribution in [0.4, 0.5) is 0 Å². The molecule has 0 unspecified atom stereocenters. The van der Waals surface area contributed by atoms with Crippen LogP contribution >= 0.6 is 0 Å². The monoisotopic (exact) mass is 451 g/mol. The van der Waals surface area contributed by atoms with Gasteiger partial charge in [-0.05, 0) is 54.8 Å². The molecule has 0 fully saturated rings. The number of sulfone groups is 1. The highest BCUT2D eigenvalue weighted by atomic mass is 32.2. The predicted molar refractivity (Wildman–Crippen MR) is 123 cm³/mol. The Kier molecular flexibility index (Phi) is 7.05. The Balaban J connectivity index is 1.66. The number of rotatable bonds is 7. The molecule has 2 amide bonds. The lowest BCUT2D eigenvalue weighted by atomic mass is 10.0. The molecule has 32 heavy (non-hydrogen) atoms. The summed E-state index contributed by atoms with van der Waals surface area (Å²) < 4.78 is 23.5. The SMILES string of the molecule is CC(C)NC(=O)c1cccc(C(=O)NCc2ccc(-c3cccc(S(C)(=O)=O)c3)cc2)n1. The molecule has 0 atom stereocenters. The second-order valence-corrected chi connectivity index (χ2v) is 9.73. The van der Waals surface area contributed by atoms with Crippen molar-refractivity contribution in [2.24, 2.45) is 0 Å². The Bertz CT molecular complexity index is 1240. The van der Waals surface area contributed by atoms with Crippen LogP contribution in [-0.2, 0) is 16.4 Å². The molecule has 0 spiro atoms. The number of amides is 2. The first-order chi connectivity index (χ1) is 15.1. The van der Waals surface area contributed by atoms with Gasteiger partial charge in [-0.2, -0.15) is 0 Å². The third-order valence-electron chi connectivity index (χ3n) is 4.64. The van der Waals surface area contributed by atoms with E-state index in [4.69, 9.17) is 0 Å². The molecule has 7 nitrogen and oxygen atoms in total. The van der Waals surface area contributed by atoms with E-state index in [9.17, 15) is 18.0 Å². The normalized spacial score (nSPS) is 11.2. The zero-order valence-electron chi connectivity index (χ0n) is 18.1. The first kappa shape index (κ1) is 23.1. The fraction of sp³-hybridized carbons (Fsp3) is 0.208. The molecule has 3 aromatic rings. The number of nitrogens with one attached hydrogen (secondary N) is 2. The molecule has 0 aliphatic heterocycles. The Labute approximate surface area is 187 Å². The average Bonchev–Trinajstić information content (AvgIpc) is 2.77. The third-order valence-corrected chi connectivity index (χ3v) is 5.75. The van der Waals surface area contributed by atoms with Crippen LogP contribution in [0.1, 0.15) is 40.4 Å². The molecule has 3 rings (SSSR count). The maximum Gasteiger partial charge on any atom is 0.270 e. The second-order valence-electron chi connectivity index (χ2n) is 7.72. The zero-order valence-corrected chi connectivity index (χ0v) is 18.9. The van der Waals surface area contributed by atoms with Gasteiger partial charge in [0.05, 0.1) is 4.90 Å². The van der Waals surface area contributed by atoms with Gasteiger partial charge in [0.2, 0.25) is 0 Å². The van der Waals surface area contributed by atoms with Gasteiger partial charge in [-0.1, -0.05) is 42.5 Å². The summed E-state index contributed by atoms with van der Waals surface area (Å²) in [6.45, 7) is 3.98. The summed E-state index contributed by atoms with van der Waals surface area (Å²) in [5.74, 6) is -0.709. The van der Waals surface area contributed by atoms with Crippen LogP contribution in [0.25, 0.3) is 11.1 Å². The largest absolute Gasteiger partial charge is 0.349 e. The Hall–Kier alpha value is -3.52. The molecule has 8 heteroatoms. The van der Waals surface area contributed by atoms with Crippen LogP contribution in [0.2, 0.25) is 0 Å². The molecule has 1 aromatic heterocycles. The van der Waals surface area contributed by atoms with E-state index in [1.54, 1.807) is 36.4 Å². The fourth-order valence-corrected chi connectivity index (χ4v) is 3.68. The lowest BCUT2D eigenvalue weighted by Crippen LogP contribution is -2.31. The third kappa shape index (κ3) is 6.01. The molecule has 0 saturated heterocycles.